The summed E-state index contributed by atoms with van der Waals surface area (Å²) in [6.07, 6.45) is 5.80. The second-order valence-electron chi connectivity index (χ2n) is 4.73. The van der Waals surface area contributed by atoms with Crippen LogP contribution < -0.4 is 0 Å². The van der Waals surface area contributed by atoms with Gasteiger partial charge in [-0.05, 0) is 12.8 Å². The molecule has 1 unspecified atom stereocenters. The van der Waals surface area contributed by atoms with Crippen molar-refractivity contribution in [3.63, 3.8) is 0 Å². The summed E-state index contributed by atoms with van der Waals surface area (Å²) >= 11 is 0. The van der Waals surface area contributed by atoms with E-state index in [1.165, 1.54) is 19.3 Å². The van der Waals surface area contributed by atoms with Gasteiger partial charge in [0.2, 0.25) is 0 Å². The van der Waals surface area contributed by atoms with E-state index in [0.29, 0.717) is 19.0 Å². The molecule has 0 aromatic heterocycles. The predicted molar refractivity (Wildman–Crippen MR) is 55.6 cm³/mol. The maximum atomic E-state index is 11.0. The Balaban J connectivity index is 2.02. The van der Waals surface area contributed by atoms with Gasteiger partial charge in [0, 0.05) is 19.0 Å². The zero-order valence-electron chi connectivity index (χ0n) is 8.93. The number of aliphatic hydroxyl groups is 1. The van der Waals surface area contributed by atoms with Crippen LogP contribution in [0.1, 0.15) is 38.5 Å². The van der Waals surface area contributed by atoms with E-state index in [4.69, 9.17) is 5.11 Å². The lowest BCUT2D eigenvalue weighted by molar-refractivity contribution is -0.143. The molecule has 15 heavy (non-hydrogen) atoms. The molecule has 0 spiro atoms. The first-order chi connectivity index (χ1) is 7.18. The first kappa shape index (κ1) is 10.9. The number of carbonyl (C=O) groups is 1. The van der Waals surface area contributed by atoms with Crippen molar-refractivity contribution in [1.29, 1.82) is 0 Å². The Morgan fingerprint density at radius 2 is 1.87 bits per heavy atom. The van der Waals surface area contributed by atoms with Gasteiger partial charge in [0.1, 0.15) is 6.04 Å². The molecular weight excluding hydrogens is 194 g/mol. The molecule has 2 N–H and O–H groups in total. The predicted octanol–water partition coefficient (Wildman–Crippen LogP) is 0.839. The highest BCUT2D eigenvalue weighted by Gasteiger charge is 2.39. The monoisotopic (exact) mass is 213 g/mol. The van der Waals surface area contributed by atoms with Crippen molar-refractivity contribution >= 4 is 5.97 Å². The Labute approximate surface area is 89.9 Å². The molecule has 2 fully saturated rings. The van der Waals surface area contributed by atoms with E-state index < -0.39 is 18.1 Å². The molecule has 1 aliphatic carbocycles. The van der Waals surface area contributed by atoms with Crippen LogP contribution in [0.3, 0.4) is 0 Å². The smallest absolute Gasteiger partial charge is 0.321 e. The molecule has 0 bridgehead atoms. The van der Waals surface area contributed by atoms with Crippen molar-refractivity contribution in [2.45, 2.75) is 56.7 Å². The third-order valence-electron chi connectivity index (χ3n) is 3.65. The van der Waals surface area contributed by atoms with E-state index in [-0.39, 0.29) is 0 Å². The summed E-state index contributed by atoms with van der Waals surface area (Å²) < 4.78 is 0. The van der Waals surface area contributed by atoms with E-state index in [1.54, 1.807) is 0 Å². The summed E-state index contributed by atoms with van der Waals surface area (Å²) in [4.78, 5) is 13.1. The van der Waals surface area contributed by atoms with Gasteiger partial charge in [-0.1, -0.05) is 19.3 Å². The number of nitrogens with zero attached hydrogens (tertiary/aromatic N) is 1. The van der Waals surface area contributed by atoms with Gasteiger partial charge in [0.25, 0.3) is 0 Å². The second kappa shape index (κ2) is 4.49. The number of hydrogen-bond donors (Lipinski definition) is 2. The highest BCUT2D eigenvalue weighted by Crippen LogP contribution is 2.29. The van der Waals surface area contributed by atoms with Gasteiger partial charge in [-0.25, -0.2) is 0 Å². The Bertz CT molecular complexity index is 238. The van der Waals surface area contributed by atoms with Crippen LogP contribution in [0.25, 0.3) is 0 Å². The highest BCUT2D eigenvalue weighted by atomic mass is 16.4. The Hall–Kier alpha value is -0.610. The number of hydrogen-bond acceptors (Lipinski definition) is 3. The largest absolute Gasteiger partial charge is 0.480 e. The number of carboxylic acids is 1. The van der Waals surface area contributed by atoms with Crippen molar-refractivity contribution in [3.05, 3.63) is 0 Å². The first-order valence-corrected chi connectivity index (χ1v) is 5.85. The van der Waals surface area contributed by atoms with Crippen molar-refractivity contribution < 1.29 is 15.0 Å². The number of rotatable bonds is 2. The third-order valence-corrected chi connectivity index (χ3v) is 3.65. The van der Waals surface area contributed by atoms with Gasteiger partial charge in [0.15, 0.2) is 0 Å². The molecule has 0 aromatic rings. The lowest BCUT2D eigenvalue weighted by Gasteiger charge is -2.33. The molecule has 2 atom stereocenters. The first-order valence-electron chi connectivity index (χ1n) is 5.85. The van der Waals surface area contributed by atoms with Crippen LogP contribution in [-0.2, 0) is 4.79 Å². The van der Waals surface area contributed by atoms with E-state index >= 15 is 0 Å². The van der Waals surface area contributed by atoms with Crippen molar-refractivity contribution in [3.8, 4) is 0 Å². The van der Waals surface area contributed by atoms with Crippen LogP contribution in [0, 0.1) is 0 Å². The van der Waals surface area contributed by atoms with Crippen LogP contribution in [0.4, 0.5) is 0 Å². The van der Waals surface area contributed by atoms with E-state index in [0.717, 1.165) is 12.8 Å². The molecule has 86 valence electrons. The van der Waals surface area contributed by atoms with Crippen LogP contribution >= 0.6 is 0 Å². The van der Waals surface area contributed by atoms with Gasteiger partial charge in [-0.3, -0.25) is 9.69 Å². The topological polar surface area (TPSA) is 60.8 Å². The standard InChI is InChI=1S/C11H19NO3/c13-9-6-10(11(14)15)12(7-9)8-4-2-1-3-5-8/h8-10,13H,1-7H2,(H,14,15)/t9?,10-/m0/s1. The Kier molecular flexibility index (Phi) is 3.26. The zero-order valence-corrected chi connectivity index (χ0v) is 8.93. The van der Waals surface area contributed by atoms with Crippen LogP contribution in [0.15, 0.2) is 0 Å². The highest BCUT2D eigenvalue weighted by molar-refractivity contribution is 5.74. The molecule has 4 heteroatoms. The van der Waals surface area contributed by atoms with Gasteiger partial charge < -0.3 is 10.2 Å². The Morgan fingerprint density at radius 1 is 1.20 bits per heavy atom. The van der Waals surface area contributed by atoms with Gasteiger partial charge >= 0.3 is 5.97 Å². The maximum absolute atomic E-state index is 11.0. The minimum Gasteiger partial charge on any atom is -0.480 e. The van der Waals surface area contributed by atoms with Crippen molar-refractivity contribution in [2.24, 2.45) is 0 Å². The molecule has 1 saturated heterocycles. The fraction of sp³-hybridized carbons (Fsp3) is 0.909. The van der Waals surface area contributed by atoms with Crippen LogP contribution in [-0.4, -0.2) is 45.8 Å². The van der Waals surface area contributed by atoms with Gasteiger partial charge in [-0.15, -0.1) is 0 Å². The number of β-amino-alcohol motifs (C(OH)–C–C–N with tert-alkyl or cyclic N) is 1. The molecule has 0 aromatic carbocycles. The van der Waals surface area contributed by atoms with Crippen molar-refractivity contribution in [1.82, 2.24) is 4.90 Å². The average molecular weight is 213 g/mol. The molecular formula is C11H19NO3. The molecule has 1 saturated carbocycles. The van der Waals surface area contributed by atoms with Crippen LogP contribution in [0.5, 0.6) is 0 Å². The van der Waals surface area contributed by atoms with Crippen molar-refractivity contribution in [2.75, 3.05) is 6.54 Å². The van der Waals surface area contributed by atoms with Gasteiger partial charge in [0.05, 0.1) is 6.10 Å². The quantitative estimate of drug-likeness (QED) is 0.713. The minimum atomic E-state index is -0.780. The summed E-state index contributed by atoms with van der Waals surface area (Å²) in [6.45, 7) is 0.543. The molecule has 0 amide bonds. The lowest BCUT2D eigenvalue weighted by Crippen LogP contribution is -2.44. The molecule has 2 rings (SSSR count). The normalized spacial score (nSPS) is 34.5. The zero-order chi connectivity index (χ0) is 10.8. The van der Waals surface area contributed by atoms with Gasteiger partial charge in [-0.2, -0.15) is 0 Å². The number of likely N-dealkylation sites (tertiary alicyclic amines) is 1. The molecule has 1 heterocycles. The number of aliphatic carboxylic acids is 1. The average Bonchev–Trinajstić information content (AvgIpc) is 2.62. The summed E-state index contributed by atoms with van der Waals surface area (Å²) in [6, 6.07) is -0.0694. The van der Waals surface area contributed by atoms with Crippen LogP contribution in [0.2, 0.25) is 0 Å². The Morgan fingerprint density at radius 3 is 2.47 bits per heavy atom. The summed E-state index contributed by atoms with van der Waals surface area (Å²) in [5, 5.41) is 18.6. The van der Waals surface area contributed by atoms with E-state index in [2.05, 4.69) is 0 Å². The maximum Gasteiger partial charge on any atom is 0.321 e. The summed E-state index contributed by atoms with van der Waals surface area (Å²) in [7, 11) is 0. The minimum absolute atomic E-state index is 0.386. The summed E-state index contributed by atoms with van der Waals surface area (Å²) in [5.74, 6) is -0.780. The molecule has 0 radical (unpaired) electrons. The molecule has 2 aliphatic rings. The second-order valence-corrected chi connectivity index (χ2v) is 4.73. The summed E-state index contributed by atoms with van der Waals surface area (Å²) in [5.41, 5.74) is 0. The number of carboxylic acid groups (broad SMARTS) is 1. The number of aliphatic hydroxyl groups excluding tert-OH is 1. The van der Waals surface area contributed by atoms with E-state index in [1.807, 2.05) is 4.90 Å². The SMILES string of the molecule is O=C(O)[C@@H]1CC(O)CN1C1CCCCC1. The molecule has 1 aliphatic heterocycles. The fourth-order valence-corrected chi connectivity index (χ4v) is 2.90. The van der Waals surface area contributed by atoms with E-state index in [9.17, 15) is 9.90 Å². The third kappa shape index (κ3) is 2.32. The fourth-order valence-electron chi connectivity index (χ4n) is 2.90. The molecule has 4 nitrogen and oxygen atoms in total. The lowest BCUT2D eigenvalue weighted by atomic mass is 9.94.